The maximum atomic E-state index is 13.0. The number of carbonyl (C=O) groups excluding carboxylic acids is 1. The molecule has 0 fully saturated rings. The Labute approximate surface area is 129 Å². The van der Waals surface area contributed by atoms with E-state index in [0.29, 0.717) is 41.9 Å². The Hall–Kier alpha value is -2.17. The van der Waals surface area contributed by atoms with Gasteiger partial charge in [0.05, 0.1) is 18.7 Å². The van der Waals surface area contributed by atoms with E-state index in [9.17, 15) is 9.18 Å². The number of aromatic nitrogens is 1. The van der Waals surface area contributed by atoms with Crippen LogP contribution in [0, 0.1) is 11.7 Å². The van der Waals surface area contributed by atoms with Crippen molar-refractivity contribution in [2.75, 3.05) is 6.61 Å². The zero-order valence-electron chi connectivity index (χ0n) is 13.1. The SMILES string of the molecule is CCOC(=O)Cc1nc(-c2ccc(F)cc2)oc1CC(C)C. The first-order valence-corrected chi connectivity index (χ1v) is 7.39. The maximum absolute atomic E-state index is 13.0. The Morgan fingerprint density at radius 2 is 2.00 bits per heavy atom. The predicted molar refractivity (Wildman–Crippen MR) is 80.8 cm³/mol. The van der Waals surface area contributed by atoms with Crippen LogP contribution in [-0.2, 0) is 22.4 Å². The number of nitrogens with zero attached hydrogens (tertiary/aromatic N) is 1. The molecule has 0 atom stereocenters. The molecule has 2 aromatic rings. The molecule has 0 radical (unpaired) electrons. The molecule has 0 aliphatic carbocycles. The lowest BCUT2D eigenvalue weighted by atomic mass is 10.1. The average molecular weight is 305 g/mol. The molecule has 0 N–H and O–H groups in total. The first-order chi connectivity index (χ1) is 10.5. The van der Waals surface area contributed by atoms with E-state index < -0.39 is 0 Å². The molecule has 1 aromatic carbocycles. The molecule has 0 saturated carbocycles. The second kappa shape index (κ2) is 7.20. The highest BCUT2D eigenvalue weighted by atomic mass is 19.1. The summed E-state index contributed by atoms with van der Waals surface area (Å²) in [6.07, 6.45) is 0.767. The highest BCUT2D eigenvalue weighted by Crippen LogP contribution is 2.24. The van der Waals surface area contributed by atoms with Gasteiger partial charge in [-0.15, -0.1) is 0 Å². The van der Waals surface area contributed by atoms with Gasteiger partial charge in [-0.1, -0.05) is 13.8 Å². The molecule has 118 valence electrons. The lowest BCUT2D eigenvalue weighted by Gasteiger charge is -2.03. The summed E-state index contributed by atoms with van der Waals surface area (Å²) < 4.78 is 23.8. The Balaban J connectivity index is 2.30. The van der Waals surface area contributed by atoms with Gasteiger partial charge in [0.1, 0.15) is 11.6 Å². The average Bonchev–Trinajstić information content (AvgIpc) is 2.82. The third-order valence-corrected chi connectivity index (χ3v) is 3.08. The quantitative estimate of drug-likeness (QED) is 0.762. The van der Waals surface area contributed by atoms with Crippen LogP contribution < -0.4 is 0 Å². The summed E-state index contributed by atoms with van der Waals surface area (Å²) in [4.78, 5) is 16.1. The molecule has 0 amide bonds. The molecule has 0 unspecified atom stereocenters. The molecule has 2 rings (SSSR count). The summed E-state index contributed by atoms with van der Waals surface area (Å²) in [5.41, 5.74) is 1.27. The van der Waals surface area contributed by atoms with Gasteiger partial charge in [0.25, 0.3) is 0 Å². The first kappa shape index (κ1) is 16.2. The van der Waals surface area contributed by atoms with Crippen molar-refractivity contribution in [3.05, 3.63) is 41.5 Å². The minimum absolute atomic E-state index is 0.0839. The van der Waals surface area contributed by atoms with E-state index >= 15 is 0 Å². The largest absolute Gasteiger partial charge is 0.466 e. The summed E-state index contributed by atoms with van der Waals surface area (Å²) in [6.45, 7) is 6.23. The fourth-order valence-electron chi connectivity index (χ4n) is 2.12. The van der Waals surface area contributed by atoms with E-state index in [1.165, 1.54) is 12.1 Å². The minimum atomic E-state index is -0.327. The maximum Gasteiger partial charge on any atom is 0.311 e. The molecule has 22 heavy (non-hydrogen) atoms. The molecular weight excluding hydrogens is 285 g/mol. The molecule has 4 nitrogen and oxygen atoms in total. The standard InChI is InChI=1S/C17H20FNO3/c1-4-21-16(20)10-14-15(9-11(2)3)22-17(19-14)12-5-7-13(18)8-6-12/h5-8,11H,4,9-10H2,1-3H3. The van der Waals surface area contributed by atoms with Gasteiger partial charge in [0.15, 0.2) is 0 Å². The Kier molecular flexibility index (Phi) is 5.31. The molecular formula is C17H20FNO3. The van der Waals surface area contributed by atoms with Gasteiger partial charge < -0.3 is 9.15 Å². The normalized spacial score (nSPS) is 11.0. The molecule has 0 spiro atoms. The molecule has 1 heterocycles. The first-order valence-electron chi connectivity index (χ1n) is 7.39. The van der Waals surface area contributed by atoms with Crippen molar-refractivity contribution < 1.29 is 18.3 Å². The van der Waals surface area contributed by atoms with Crippen molar-refractivity contribution in [2.45, 2.75) is 33.6 Å². The van der Waals surface area contributed by atoms with Gasteiger partial charge >= 0.3 is 5.97 Å². The molecule has 0 saturated heterocycles. The van der Waals surface area contributed by atoms with Crippen LogP contribution in [0.15, 0.2) is 28.7 Å². The van der Waals surface area contributed by atoms with Crippen LogP contribution in [-0.4, -0.2) is 17.6 Å². The van der Waals surface area contributed by atoms with Gasteiger partial charge in [0, 0.05) is 12.0 Å². The fourth-order valence-corrected chi connectivity index (χ4v) is 2.12. The number of ether oxygens (including phenoxy) is 1. The van der Waals surface area contributed by atoms with Crippen LogP contribution in [0.3, 0.4) is 0 Å². The van der Waals surface area contributed by atoms with E-state index in [1.807, 2.05) is 0 Å². The van der Waals surface area contributed by atoms with E-state index in [-0.39, 0.29) is 18.2 Å². The second-order valence-corrected chi connectivity index (χ2v) is 5.48. The summed E-state index contributed by atoms with van der Waals surface area (Å²) in [5, 5.41) is 0. The Bertz CT molecular complexity index is 632. The van der Waals surface area contributed by atoms with Crippen molar-refractivity contribution in [2.24, 2.45) is 5.92 Å². The smallest absolute Gasteiger partial charge is 0.311 e. The third kappa shape index (κ3) is 4.16. The van der Waals surface area contributed by atoms with Crippen molar-refractivity contribution in [3.63, 3.8) is 0 Å². The molecule has 0 aliphatic rings. The van der Waals surface area contributed by atoms with Gasteiger partial charge in [0.2, 0.25) is 5.89 Å². The summed E-state index contributed by atoms with van der Waals surface area (Å²) in [6, 6.07) is 5.92. The van der Waals surface area contributed by atoms with Crippen molar-refractivity contribution in [1.29, 1.82) is 0 Å². The summed E-state index contributed by atoms with van der Waals surface area (Å²) in [7, 11) is 0. The Morgan fingerprint density at radius 1 is 1.32 bits per heavy atom. The fraction of sp³-hybridized carbons (Fsp3) is 0.412. The number of hydrogen-bond donors (Lipinski definition) is 0. The topological polar surface area (TPSA) is 52.3 Å². The van der Waals surface area contributed by atoms with Crippen LogP contribution in [0.4, 0.5) is 4.39 Å². The van der Waals surface area contributed by atoms with Crippen LogP contribution >= 0.6 is 0 Å². The summed E-state index contributed by atoms with van der Waals surface area (Å²) in [5.74, 6) is 0.809. The molecule has 1 aromatic heterocycles. The zero-order valence-corrected chi connectivity index (χ0v) is 13.1. The highest BCUT2D eigenvalue weighted by Gasteiger charge is 2.18. The second-order valence-electron chi connectivity index (χ2n) is 5.48. The number of halogens is 1. The predicted octanol–water partition coefficient (Wildman–Crippen LogP) is 3.78. The number of oxazole rings is 1. The number of hydrogen-bond acceptors (Lipinski definition) is 4. The molecule has 0 aliphatic heterocycles. The van der Waals surface area contributed by atoms with E-state index in [1.54, 1.807) is 19.1 Å². The van der Waals surface area contributed by atoms with Crippen LogP contribution in [0.5, 0.6) is 0 Å². The number of rotatable bonds is 6. The highest BCUT2D eigenvalue weighted by molar-refractivity contribution is 5.72. The zero-order chi connectivity index (χ0) is 16.1. The number of benzene rings is 1. The third-order valence-electron chi connectivity index (χ3n) is 3.08. The molecule has 0 bridgehead atoms. The van der Waals surface area contributed by atoms with Gasteiger partial charge in [-0.25, -0.2) is 9.37 Å². The van der Waals surface area contributed by atoms with Crippen LogP contribution in [0.2, 0.25) is 0 Å². The lowest BCUT2D eigenvalue weighted by molar-refractivity contribution is -0.142. The van der Waals surface area contributed by atoms with Crippen LogP contribution in [0.1, 0.15) is 32.2 Å². The van der Waals surface area contributed by atoms with Crippen LogP contribution in [0.25, 0.3) is 11.5 Å². The molecule has 5 heteroatoms. The lowest BCUT2D eigenvalue weighted by Crippen LogP contribution is -2.09. The van der Waals surface area contributed by atoms with Gasteiger partial charge in [-0.2, -0.15) is 0 Å². The van der Waals surface area contributed by atoms with E-state index in [0.717, 1.165) is 0 Å². The van der Waals surface area contributed by atoms with Gasteiger partial charge in [-0.3, -0.25) is 4.79 Å². The van der Waals surface area contributed by atoms with E-state index in [4.69, 9.17) is 9.15 Å². The Morgan fingerprint density at radius 3 is 2.59 bits per heavy atom. The monoisotopic (exact) mass is 305 g/mol. The van der Waals surface area contributed by atoms with Crippen molar-refractivity contribution >= 4 is 5.97 Å². The van der Waals surface area contributed by atoms with Gasteiger partial charge in [-0.05, 0) is 37.1 Å². The van der Waals surface area contributed by atoms with Crippen molar-refractivity contribution in [3.8, 4) is 11.5 Å². The number of esters is 1. The summed E-state index contributed by atoms with van der Waals surface area (Å²) >= 11 is 0. The van der Waals surface area contributed by atoms with Crippen molar-refractivity contribution in [1.82, 2.24) is 4.98 Å². The van der Waals surface area contributed by atoms with E-state index in [2.05, 4.69) is 18.8 Å². The minimum Gasteiger partial charge on any atom is -0.466 e. The number of carbonyl (C=O) groups is 1.